The third-order valence-corrected chi connectivity index (χ3v) is 5.93. The van der Waals surface area contributed by atoms with E-state index in [-0.39, 0.29) is 5.91 Å². The van der Waals surface area contributed by atoms with Gasteiger partial charge in [-0.25, -0.2) is 0 Å². The van der Waals surface area contributed by atoms with Crippen LogP contribution in [0.2, 0.25) is 5.02 Å². The number of halogens is 1. The third kappa shape index (κ3) is 4.14. The summed E-state index contributed by atoms with van der Waals surface area (Å²) in [5.41, 5.74) is 1.09. The molecule has 154 valence electrons. The molecule has 3 aromatic carbocycles. The summed E-state index contributed by atoms with van der Waals surface area (Å²) >= 11 is 6.23. The van der Waals surface area contributed by atoms with E-state index in [2.05, 4.69) is 5.32 Å². The molecule has 1 amide bonds. The Balaban J connectivity index is 1.62. The maximum Gasteiger partial charge on any atom is 0.235 e. The maximum atomic E-state index is 13.5. The van der Waals surface area contributed by atoms with E-state index in [9.17, 15) is 4.79 Å². The van der Waals surface area contributed by atoms with Gasteiger partial charge in [-0.3, -0.25) is 4.79 Å². The minimum absolute atomic E-state index is 0.0203. The molecule has 1 aliphatic rings. The van der Waals surface area contributed by atoms with Crippen LogP contribution in [0.3, 0.4) is 0 Å². The SMILES string of the molecule is COc1ccc(Oc2ccc(Cl)cc2NC(=O)C2(c3ccccc3)CCCC2)cc1. The van der Waals surface area contributed by atoms with Gasteiger partial charge in [0.05, 0.1) is 18.2 Å². The Bertz CT molecular complexity index is 1010. The van der Waals surface area contributed by atoms with Gasteiger partial charge in [-0.2, -0.15) is 0 Å². The van der Waals surface area contributed by atoms with E-state index < -0.39 is 5.41 Å². The zero-order chi connectivity index (χ0) is 21.0. The predicted molar refractivity (Wildman–Crippen MR) is 120 cm³/mol. The van der Waals surface area contributed by atoms with Gasteiger partial charge < -0.3 is 14.8 Å². The number of carbonyl (C=O) groups is 1. The van der Waals surface area contributed by atoms with Crippen molar-refractivity contribution < 1.29 is 14.3 Å². The molecule has 30 heavy (non-hydrogen) atoms. The summed E-state index contributed by atoms with van der Waals surface area (Å²) < 4.78 is 11.2. The lowest BCUT2D eigenvalue weighted by atomic mass is 9.78. The first-order chi connectivity index (χ1) is 14.6. The number of carbonyl (C=O) groups excluding carboxylic acids is 1. The highest BCUT2D eigenvalue weighted by molar-refractivity contribution is 6.31. The fourth-order valence-electron chi connectivity index (χ4n) is 4.08. The largest absolute Gasteiger partial charge is 0.497 e. The van der Waals surface area contributed by atoms with E-state index in [0.717, 1.165) is 37.0 Å². The van der Waals surface area contributed by atoms with Gasteiger partial charge in [0, 0.05) is 5.02 Å². The second-order valence-electron chi connectivity index (χ2n) is 7.53. The van der Waals surface area contributed by atoms with Crippen LogP contribution < -0.4 is 14.8 Å². The molecule has 0 aliphatic heterocycles. The van der Waals surface area contributed by atoms with Crippen molar-refractivity contribution in [3.8, 4) is 17.2 Å². The Morgan fingerprint density at radius 2 is 1.60 bits per heavy atom. The van der Waals surface area contributed by atoms with Gasteiger partial charge in [0.2, 0.25) is 5.91 Å². The van der Waals surface area contributed by atoms with E-state index >= 15 is 0 Å². The first kappa shape index (κ1) is 20.3. The molecule has 0 aromatic heterocycles. The highest BCUT2D eigenvalue weighted by Crippen LogP contribution is 2.43. The molecule has 0 heterocycles. The Labute approximate surface area is 181 Å². The van der Waals surface area contributed by atoms with Gasteiger partial charge in [0.25, 0.3) is 0 Å². The van der Waals surface area contributed by atoms with E-state index in [0.29, 0.717) is 22.2 Å². The van der Waals surface area contributed by atoms with Crippen molar-refractivity contribution in [3.63, 3.8) is 0 Å². The van der Waals surface area contributed by atoms with Crippen LogP contribution in [0.15, 0.2) is 72.8 Å². The van der Waals surface area contributed by atoms with Gasteiger partial charge in [-0.1, -0.05) is 54.8 Å². The second kappa shape index (κ2) is 8.80. The summed E-state index contributed by atoms with van der Waals surface area (Å²) in [6.45, 7) is 0. The Kier molecular flexibility index (Phi) is 5.96. The molecule has 4 rings (SSSR count). The van der Waals surface area contributed by atoms with Crippen LogP contribution in [-0.4, -0.2) is 13.0 Å². The summed E-state index contributed by atoms with van der Waals surface area (Å²) in [6.07, 6.45) is 3.73. The van der Waals surface area contributed by atoms with Crippen LogP contribution in [0.1, 0.15) is 31.2 Å². The second-order valence-corrected chi connectivity index (χ2v) is 7.96. The molecular weight excluding hydrogens is 398 g/mol. The third-order valence-electron chi connectivity index (χ3n) is 5.70. The van der Waals surface area contributed by atoms with Crippen molar-refractivity contribution in [2.24, 2.45) is 0 Å². The van der Waals surface area contributed by atoms with Crippen LogP contribution in [0.5, 0.6) is 17.2 Å². The fraction of sp³-hybridized carbons (Fsp3) is 0.240. The van der Waals surface area contributed by atoms with Crippen LogP contribution in [0.4, 0.5) is 5.69 Å². The van der Waals surface area contributed by atoms with E-state index in [1.54, 1.807) is 25.3 Å². The zero-order valence-electron chi connectivity index (χ0n) is 16.9. The molecule has 4 nitrogen and oxygen atoms in total. The lowest BCUT2D eigenvalue weighted by Gasteiger charge is -2.28. The zero-order valence-corrected chi connectivity index (χ0v) is 17.6. The summed E-state index contributed by atoms with van der Waals surface area (Å²) in [5, 5.41) is 3.64. The van der Waals surface area contributed by atoms with E-state index in [1.165, 1.54) is 0 Å². The molecule has 0 radical (unpaired) electrons. The first-order valence-electron chi connectivity index (χ1n) is 10.1. The molecule has 0 unspecified atom stereocenters. The number of hydrogen-bond acceptors (Lipinski definition) is 3. The predicted octanol–water partition coefficient (Wildman–Crippen LogP) is 6.59. The molecule has 0 spiro atoms. The lowest BCUT2D eigenvalue weighted by molar-refractivity contribution is -0.121. The van der Waals surface area contributed by atoms with Crippen molar-refractivity contribution >= 4 is 23.2 Å². The van der Waals surface area contributed by atoms with Crippen LogP contribution in [0.25, 0.3) is 0 Å². The number of rotatable bonds is 6. The van der Waals surface area contributed by atoms with Crippen molar-refractivity contribution in [2.75, 3.05) is 12.4 Å². The monoisotopic (exact) mass is 421 g/mol. The maximum absolute atomic E-state index is 13.5. The Morgan fingerprint density at radius 3 is 2.27 bits per heavy atom. The number of anilines is 1. The summed E-state index contributed by atoms with van der Waals surface area (Å²) in [7, 11) is 1.62. The molecule has 3 aromatic rings. The van der Waals surface area contributed by atoms with Gasteiger partial charge in [-0.05, 0) is 60.9 Å². The Morgan fingerprint density at radius 1 is 0.933 bits per heavy atom. The average Bonchev–Trinajstić information content (AvgIpc) is 3.28. The average molecular weight is 422 g/mol. The first-order valence-corrected chi connectivity index (χ1v) is 10.5. The summed E-state index contributed by atoms with van der Waals surface area (Å²) in [6, 6.07) is 22.6. The minimum Gasteiger partial charge on any atom is -0.497 e. The normalized spacial score (nSPS) is 14.9. The molecule has 1 aliphatic carbocycles. The number of nitrogens with one attached hydrogen (secondary N) is 1. The van der Waals surface area contributed by atoms with Crippen LogP contribution >= 0.6 is 11.6 Å². The number of ether oxygens (including phenoxy) is 2. The van der Waals surface area contributed by atoms with Gasteiger partial charge >= 0.3 is 0 Å². The molecule has 1 saturated carbocycles. The molecule has 0 bridgehead atoms. The van der Waals surface area contributed by atoms with Gasteiger partial charge in [-0.15, -0.1) is 0 Å². The van der Waals surface area contributed by atoms with Crippen molar-refractivity contribution in [1.82, 2.24) is 0 Å². The smallest absolute Gasteiger partial charge is 0.235 e. The van der Waals surface area contributed by atoms with Gasteiger partial charge in [0.15, 0.2) is 5.75 Å². The van der Waals surface area contributed by atoms with Crippen molar-refractivity contribution in [2.45, 2.75) is 31.1 Å². The summed E-state index contributed by atoms with van der Waals surface area (Å²) in [4.78, 5) is 13.5. The molecule has 1 N–H and O–H groups in total. The van der Waals surface area contributed by atoms with Gasteiger partial charge in [0.1, 0.15) is 11.5 Å². The number of methoxy groups -OCH3 is 1. The highest BCUT2D eigenvalue weighted by atomic mass is 35.5. The fourth-order valence-corrected chi connectivity index (χ4v) is 4.26. The van der Waals surface area contributed by atoms with Crippen LogP contribution in [-0.2, 0) is 10.2 Å². The highest BCUT2D eigenvalue weighted by Gasteiger charge is 2.42. The lowest BCUT2D eigenvalue weighted by Crippen LogP contribution is -2.38. The number of hydrogen-bond donors (Lipinski definition) is 1. The molecular formula is C25H24ClNO3. The molecule has 0 saturated heterocycles. The minimum atomic E-state index is -0.527. The van der Waals surface area contributed by atoms with E-state index in [1.807, 2.05) is 54.6 Å². The van der Waals surface area contributed by atoms with Crippen LogP contribution in [0, 0.1) is 0 Å². The number of benzene rings is 3. The van der Waals surface area contributed by atoms with E-state index in [4.69, 9.17) is 21.1 Å². The summed E-state index contributed by atoms with van der Waals surface area (Å²) in [5.74, 6) is 1.91. The molecule has 5 heteroatoms. The molecule has 1 fully saturated rings. The van der Waals surface area contributed by atoms with Crippen molar-refractivity contribution in [3.05, 3.63) is 83.4 Å². The Hall–Kier alpha value is -2.98. The standard InChI is InChI=1S/C25H24ClNO3/c1-29-20-10-12-21(13-11-20)30-23-14-9-19(26)17-22(23)27-24(28)25(15-5-6-16-25)18-7-3-2-4-8-18/h2-4,7-14,17H,5-6,15-16H2,1H3,(H,27,28). The number of amides is 1. The van der Waals surface area contributed by atoms with Crippen molar-refractivity contribution in [1.29, 1.82) is 0 Å². The topological polar surface area (TPSA) is 47.6 Å². The molecule has 0 atom stereocenters. The quantitative estimate of drug-likeness (QED) is 0.488.